The highest BCUT2D eigenvalue weighted by Crippen LogP contribution is 1.77. The van der Waals surface area contributed by atoms with E-state index in [0.717, 1.165) is 0 Å². The van der Waals surface area contributed by atoms with E-state index >= 15 is 0 Å². The van der Waals surface area contributed by atoms with Gasteiger partial charge in [0, 0.05) is 16.1 Å². The number of rotatable bonds is 2. The zero-order valence-electron chi connectivity index (χ0n) is 3.26. The Bertz CT molecular complexity index is 128. The summed E-state index contributed by atoms with van der Waals surface area (Å²) in [4.78, 5) is 0. The highest BCUT2D eigenvalue weighted by molar-refractivity contribution is 9.08. The van der Waals surface area contributed by atoms with Crippen LogP contribution in [0.4, 0.5) is 0 Å². The summed E-state index contributed by atoms with van der Waals surface area (Å²) in [6.07, 6.45) is 0. The molecule has 0 heterocycles. The number of hydrogen-bond donors (Lipinski definition) is 2. The molecular weight excluding hydrogens is 186 g/mol. The van der Waals surface area contributed by atoms with Crippen molar-refractivity contribution in [2.24, 2.45) is 0 Å². The van der Waals surface area contributed by atoms with Crippen molar-refractivity contribution in [3.05, 3.63) is 0 Å². The van der Waals surface area contributed by atoms with E-state index in [2.05, 4.69) is 20.5 Å². The van der Waals surface area contributed by atoms with Crippen LogP contribution in [-0.2, 0) is 10.1 Å². The van der Waals surface area contributed by atoms with Gasteiger partial charge in [-0.05, 0) is 0 Å². The largest absolute Gasteiger partial charge is 0.285 e. The van der Waals surface area contributed by atoms with Crippen molar-refractivity contribution in [3.8, 4) is 0 Å². The fourth-order valence-corrected chi connectivity index (χ4v) is 1.07. The number of hydrogen-bond acceptors (Lipinski definition) is 3. The van der Waals surface area contributed by atoms with Crippen molar-refractivity contribution in [2.45, 2.75) is 0 Å². The Labute approximate surface area is 50.0 Å². The first kappa shape index (κ1) is 7.35. The molecule has 0 unspecified atom stereocenters. The first-order valence-electron chi connectivity index (χ1n) is 1.35. The zero-order chi connectivity index (χ0) is 5.91. The second-order valence-corrected chi connectivity index (χ2v) is 2.87. The first-order valence-corrected chi connectivity index (χ1v) is 3.75. The van der Waals surface area contributed by atoms with Crippen molar-refractivity contribution < 1.29 is 13.0 Å². The summed E-state index contributed by atoms with van der Waals surface area (Å²) in [7, 11) is -3.83. The van der Waals surface area contributed by atoms with Crippen molar-refractivity contribution >= 4 is 26.3 Å². The van der Waals surface area contributed by atoms with Gasteiger partial charge in [0.15, 0.2) is 0 Å². The average molecular weight is 190 g/mol. The van der Waals surface area contributed by atoms with Crippen LogP contribution in [0.2, 0.25) is 0 Å². The zero-order valence-corrected chi connectivity index (χ0v) is 5.66. The molecule has 0 aromatic heterocycles. The van der Waals surface area contributed by atoms with Crippen molar-refractivity contribution in [2.75, 3.05) is 5.88 Å². The molecule has 0 amide bonds. The SMILES string of the molecule is O=S(=O)(O)CNBr. The highest BCUT2D eigenvalue weighted by Gasteiger charge is 1.98. The molecule has 7 heavy (non-hydrogen) atoms. The van der Waals surface area contributed by atoms with Crippen LogP contribution in [0, 0.1) is 0 Å². The van der Waals surface area contributed by atoms with E-state index in [1.54, 1.807) is 0 Å². The molecule has 0 aliphatic rings. The van der Waals surface area contributed by atoms with Gasteiger partial charge in [-0.1, -0.05) is 0 Å². The summed E-state index contributed by atoms with van der Waals surface area (Å²) in [6.45, 7) is 0. The third-order valence-corrected chi connectivity index (χ3v) is 1.40. The lowest BCUT2D eigenvalue weighted by Crippen LogP contribution is -2.12. The minimum absolute atomic E-state index is 0.465. The van der Waals surface area contributed by atoms with Gasteiger partial charge in [-0.3, -0.25) is 4.55 Å². The lowest BCUT2D eigenvalue weighted by atomic mass is 11.6. The number of halogens is 1. The van der Waals surface area contributed by atoms with Crippen LogP contribution in [0.1, 0.15) is 0 Å². The Morgan fingerprint density at radius 2 is 2.14 bits per heavy atom. The Morgan fingerprint density at radius 1 is 1.71 bits per heavy atom. The molecule has 0 radical (unpaired) electrons. The van der Waals surface area contributed by atoms with Crippen molar-refractivity contribution in [1.29, 1.82) is 0 Å². The van der Waals surface area contributed by atoms with Gasteiger partial charge in [0.05, 0.1) is 0 Å². The summed E-state index contributed by atoms with van der Waals surface area (Å²) in [5.41, 5.74) is 0. The van der Waals surface area contributed by atoms with E-state index in [0.29, 0.717) is 0 Å². The molecule has 44 valence electrons. The maximum absolute atomic E-state index is 9.69. The van der Waals surface area contributed by atoms with Gasteiger partial charge in [0.2, 0.25) is 0 Å². The fourth-order valence-electron chi connectivity index (χ4n) is 0.0689. The minimum Gasteiger partial charge on any atom is -0.285 e. The van der Waals surface area contributed by atoms with Crippen molar-refractivity contribution in [1.82, 2.24) is 4.34 Å². The molecule has 0 atom stereocenters. The molecule has 0 aliphatic heterocycles. The minimum atomic E-state index is -3.83. The third-order valence-electron chi connectivity index (χ3n) is 0.237. The lowest BCUT2D eigenvalue weighted by molar-refractivity contribution is 0.482. The molecule has 0 aromatic carbocycles. The van der Waals surface area contributed by atoms with Crippen LogP contribution in [0.3, 0.4) is 0 Å². The van der Waals surface area contributed by atoms with E-state index in [9.17, 15) is 8.42 Å². The summed E-state index contributed by atoms with van der Waals surface area (Å²) in [5.74, 6) is -0.465. The maximum Gasteiger partial charge on any atom is 0.278 e. The van der Waals surface area contributed by atoms with Gasteiger partial charge in [0.25, 0.3) is 10.1 Å². The molecular formula is CH4BrNO3S. The van der Waals surface area contributed by atoms with Crippen LogP contribution >= 0.6 is 16.1 Å². The lowest BCUT2D eigenvalue weighted by Gasteiger charge is -1.87. The Hall–Kier alpha value is 0.350. The van der Waals surface area contributed by atoms with Crippen LogP contribution in [0.25, 0.3) is 0 Å². The predicted octanol–water partition coefficient (Wildman–Crippen LogP) is -0.269. The summed E-state index contributed by atoms with van der Waals surface area (Å²) < 4.78 is 29.4. The second-order valence-electron chi connectivity index (χ2n) is 0.860. The Morgan fingerprint density at radius 3 is 2.14 bits per heavy atom. The molecule has 6 heteroatoms. The van der Waals surface area contributed by atoms with E-state index in [1.165, 1.54) is 0 Å². The van der Waals surface area contributed by atoms with Gasteiger partial charge in [-0.2, -0.15) is 8.42 Å². The monoisotopic (exact) mass is 189 g/mol. The summed E-state index contributed by atoms with van der Waals surface area (Å²) in [5, 5.41) is 0. The number of nitrogens with one attached hydrogen (secondary N) is 1. The Balaban J connectivity index is 3.60. The van der Waals surface area contributed by atoms with Gasteiger partial charge in [0.1, 0.15) is 5.88 Å². The fraction of sp³-hybridized carbons (Fsp3) is 1.00. The molecule has 0 saturated heterocycles. The summed E-state index contributed by atoms with van der Waals surface area (Å²) >= 11 is 2.60. The highest BCUT2D eigenvalue weighted by atomic mass is 79.9. The molecule has 0 rings (SSSR count). The molecule has 0 fully saturated rings. The summed E-state index contributed by atoms with van der Waals surface area (Å²) in [6, 6.07) is 0. The van der Waals surface area contributed by atoms with E-state index in [-0.39, 0.29) is 0 Å². The first-order chi connectivity index (χ1) is 3.06. The average Bonchev–Trinajstić information content (AvgIpc) is 1.30. The van der Waals surface area contributed by atoms with E-state index in [4.69, 9.17) is 4.55 Å². The van der Waals surface area contributed by atoms with Crippen LogP contribution in [-0.4, -0.2) is 18.8 Å². The van der Waals surface area contributed by atoms with Gasteiger partial charge < -0.3 is 0 Å². The van der Waals surface area contributed by atoms with Crippen LogP contribution < -0.4 is 4.34 Å². The third kappa shape index (κ3) is 6.35. The van der Waals surface area contributed by atoms with Crippen molar-refractivity contribution in [3.63, 3.8) is 0 Å². The van der Waals surface area contributed by atoms with Gasteiger partial charge >= 0.3 is 0 Å². The van der Waals surface area contributed by atoms with E-state index < -0.39 is 16.0 Å². The topological polar surface area (TPSA) is 66.4 Å². The predicted molar refractivity (Wildman–Crippen MR) is 28.5 cm³/mol. The quantitative estimate of drug-likeness (QED) is 0.464. The molecule has 2 N–H and O–H groups in total. The molecule has 0 aliphatic carbocycles. The van der Waals surface area contributed by atoms with Crippen LogP contribution in [0.15, 0.2) is 0 Å². The molecule has 4 nitrogen and oxygen atoms in total. The van der Waals surface area contributed by atoms with Gasteiger partial charge in [-0.25, -0.2) is 4.34 Å². The standard InChI is InChI=1S/CH4BrNO3S/c2-3-1-7(4,5)6/h3H,1H2,(H,4,5,6). The van der Waals surface area contributed by atoms with Crippen LogP contribution in [0.5, 0.6) is 0 Å². The Kier molecular flexibility index (Phi) is 2.74. The normalized spacial score (nSPS) is 11.7. The molecule has 0 aromatic rings. The van der Waals surface area contributed by atoms with Gasteiger partial charge in [-0.15, -0.1) is 0 Å². The maximum atomic E-state index is 9.69. The molecule has 0 saturated carbocycles. The van der Waals surface area contributed by atoms with E-state index in [1.807, 2.05) is 0 Å². The second kappa shape index (κ2) is 2.61. The molecule has 0 spiro atoms. The molecule has 0 bridgehead atoms. The smallest absolute Gasteiger partial charge is 0.278 e.